The quantitative estimate of drug-likeness (QED) is 0.784. The van der Waals surface area contributed by atoms with Crippen LogP contribution in [-0.4, -0.2) is 18.1 Å². The molecule has 1 aliphatic heterocycles. The summed E-state index contributed by atoms with van der Waals surface area (Å²) in [6, 6.07) is 3.60. The molecule has 0 spiro atoms. The molecule has 0 saturated heterocycles. The van der Waals surface area contributed by atoms with Crippen LogP contribution in [0.2, 0.25) is 0 Å². The Hall–Kier alpha value is -1.04. The second-order valence-electron chi connectivity index (χ2n) is 4.39. The van der Waals surface area contributed by atoms with E-state index in [0.717, 1.165) is 0 Å². The molecule has 17 heavy (non-hydrogen) atoms. The summed E-state index contributed by atoms with van der Waals surface area (Å²) in [4.78, 5) is 11.6. The number of nitrogens with one attached hydrogen (secondary N) is 1. The fraction of sp³-hybridized carbons (Fsp3) is 0.364. The van der Waals surface area contributed by atoms with Gasteiger partial charge in [0.15, 0.2) is 0 Å². The number of amides is 1. The zero-order chi connectivity index (χ0) is 12.4. The lowest BCUT2D eigenvalue weighted by Gasteiger charge is -2.28. The van der Waals surface area contributed by atoms with Crippen molar-refractivity contribution in [2.24, 2.45) is 0 Å². The van der Waals surface area contributed by atoms with Gasteiger partial charge >= 0.3 is 6.18 Å². The number of rotatable bonds is 0. The molecule has 1 aliphatic carbocycles. The summed E-state index contributed by atoms with van der Waals surface area (Å²) in [6.45, 7) is 0. The molecule has 0 aromatic heterocycles. The number of fused-ring (bicyclic) bond motifs is 3. The molecule has 3 rings (SSSR count). The van der Waals surface area contributed by atoms with E-state index < -0.39 is 23.5 Å². The van der Waals surface area contributed by atoms with E-state index in [4.69, 9.17) is 0 Å². The van der Waals surface area contributed by atoms with Crippen LogP contribution in [0.5, 0.6) is 0 Å². The zero-order valence-electron chi connectivity index (χ0n) is 8.44. The lowest BCUT2D eigenvalue weighted by molar-refractivity contribution is -0.163. The van der Waals surface area contributed by atoms with Crippen LogP contribution >= 0.6 is 15.9 Å². The summed E-state index contributed by atoms with van der Waals surface area (Å²) in [5.74, 6) is -0.421. The summed E-state index contributed by atoms with van der Waals surface area (Å²) in [5.41, 5.74) is -1.66. The van der Waals surface area contributed by atoms with Crippen molar-refractivity contribution in [2.75, 3.05) is 0 Å². The van der Waals surface area contributed by atoms with Crippen molar-refractivity contribution in [2.45, 2.75) is 24.1 Å². The van der Waals surface area contributed by atoms with Crippen LogP contribution in [0.25, 0.3) is 0 Å². The van der Waals surface area contributed by atoms with Crippen molar-refractivity contribution in [3.05, 3.63) is 33.8 Å². The van der Waals surface area contributed by atoms with Gasteiger partial charge in [-0.15, -0.1) is 0 Å². The molecule has 1 amide bonds. The van der Waals surface area contributed by atoms with Crippen molar-refractivity contribution >= 4 is 21.8 Å². The van der Waals surface area contributed by atoms with E-state index in [-0.39, 0.29) is 17.5 Å². The van der Waals surface area contributed by atoms with Gasteiger partial charge in [-0.05, 0) is 30.2 Å². The molecule has 0 radical (unpaired) electrons. The second kappa shape index (κ2) is 3.04. The Balaban J connectivity index is 2.24. The molecule has 0 bridgehead atoms. The highest BCUT2D eigenvalue weighted by atomic mass is 79.9. The first-order chi connectivity index (χ1) is 7.86. The van der Waals surface area contributed by atoms with Crippen LogP contribution in [0.4, 0.5) is 13.2 Å². The number of hydrogen-bond donors (Lipinski definition) is 1. The van der Waals surface area contributed by atoms with Crippen LogP contribution in [0.3, 0.4) is 0 Å². The fourth-order valence-electron chi connectivity index (χ4n) is 2.52. The number of hydrogen-bond acceptors (Lipinski definition) is 1. The van der Waals surface area contributed by atoms with Gasteiger partial charge in [0.25, 0.3) is 5.91 Å². The van der Waals surface area contributed by atoms with Crippen molar-refractivity contribution < 1.29 is 18.0 Å². The average molecular weight is 306 g/mol. The zero-order valence-corrected chi connectivity index (χ0v) is 10.0. The molecule has 6 heteroatoms. The highest BCUT2D eigenvalue weighted by Crippen LogP contribution is 2.61. The van der Waals surface area contributed by atoms with Crippen molar-refractivity contribution in [3.8, 4) is 0 Å². The van der Waals surface area contributed by atoms with E-state index in [1.54, 1.807) is 6.07 Å². The minimum Gasteiger partial charge on any atom is -0.348 e. The lowest BCUT2D eigenvalue weighted by Crippen LogP contribution is -2.44. The molecule has 1 fully saturated rings. The average Bonchev–Trinajstić information content (AvgIpc) is 2.92. The number of carbonyl (C=O) groups is 1. The summed E-state index contributed by atoms with van der Waals surface area (Å²) in [5, 5.41) is 2.40. The minimum atomic E-state index is -4.33. The third-order valence-electron chi connectivity index (χ3n) is 3.48. The van der Waals surface area contributed by atoms with Crippen LogP contribution < -0.4 is 5.32 Å². The van der Waals surface area contributed by atoms with Gasteiger partial charge in [-0.25, -0.2) is 0 Å². The Morgan fingerprint density at radius 1 is 1.41 bits per heavy atom. The Kier molecular flexibility index (Phi) is 1.98. The molecule has 1 aromatic carbocycles. The molecule has 90 valence electrons. The van der Waals surface area contributed by atoms with Crippen LogP contribution in [0.1, 0.15) is 22.3 Å². The fourth-order valence-corrected chi connectivity index (χ4v) is 2.88. The topological polar surface area (TPSA) is 29.1 Å². The SMILES string of the molecule is O=C1N[C@@H]2C[C@@]2(C(F)(F)F)c2cc(Br)ccc21. The van der Waals surface area contributed by atoms with Crippen LogP contribution in [0, 0.1) is 0 Å². The molecular weight excluding hydrogens is 299 g/mol. The number of alkyl halides is 3. The normalized spacial score (nSPS) is 30.4. The maximum absolute atomic E-state index is 13.1. The van der Waals surface area contributed by atoms with E-state index in [1.165, 1.54) is 12.1 Å². The van der Waals surface area contributed by atoms with E-state index in [0.29, 0.717) is 4.47 Å². The first-order valence-corrected chi connectivity index (χ1v) is 5.83. The smallest absolute Gasteiger partial charge is 0.348 e. The third-order valence-corrected chi connectivity index (χ3v) is 3.97. The molecule has 1 heterocycles. The molecule has 1 aromatic rings. The number of halogens is 4. The summed E-state index contributed by atoms with van der Waals surface area (Å²) in [7, 11) is 0. The Labute approximate surface area is 103 Å². The molecular formula is C11H7BrF3NO. The van der Waals surface area contributed by atoms with Gasteiger partial charge in [0.2, 0.25) is 0 Å². The summed E-state index contributed by atoms with van der Waals surface area (Å²) in [6.07, 6.45) is -4.40. The molecule has 0 unspecified atom stereocenters. The summed E-state index contributed by atoms with van der Waals surface area (Å²) < 4.78 is 40.0. The van der Waals surface area contributed by atoms with E-state index >= 15 is 0 Å². The van der Waals surface area contributed by atoms with E-state index in [1.807, 2.05) is 0 Å². The second-order valence-corrected chi connectivity index (χ2v) is 5.30. The predicted octanol–water partition coefficient (Wildman–Crippen LogP) is 2.76. The van der Waals surface area contributed by atoms with Crippen molar-refractivity contribution in [1.29, 1.82) is 0 Å². The minimum absolute atomic E-state index is 0.0638. The third kappa shape index (κ3) is 1.30. The molecule has 2 aliphatic rings. The Morgan fingerprint density at radius 2 is 2.12 bits per heavy atom. The predicted molar refractivity (Wildman–Crippen MR) is 57.7 cm³/mol. The van der Waals surface area contributed by atoms with Crippen LogP contribution in [0.15, 0.2) is 22.7 Å². The van der Waals surface area contributed by atoms with Gasteiger partial charge in [-0.2, -0.15) is 13.2 Å². The maximum atomic E-state index is 13.1. The number of carbonyl (C=O) groups excluding carboxylic acids is 1. The summed E-state index contributed by atoms with van der Waals surface area (Å²) >= 11 is 3.15. The molecule has 1 saturated carbocycles. The molecule has 2 nitrogen and oxygen atoms in total. The highest BCUT2D eigenvalue weighted by Gasteiger charge is 2.74. The van der Waals surface area contributed by atoms with Gasteiger partial charge in [0.05, 0.1) is 0 Å². The first-order valence-electron chi connectivity index (χ1n) is 5.04. The van der Waals surface area contributed by atoms with Gasteiger partial charge in [0, 0.05) is 16.1 Å². The van der Waals surface area contributed by atoms with Gasteiger partial charge in [-0.3, -0.25) is 4.79 Å². The maximum Gasteiger partial charge on any atom is 0.400 e. The monoisotopic (exact) mass is 305 g/mol. The van der Waals surface area contributed by atoms with Gasteiger partial charge in [-0.1, -0.05) is 15.9 Å². The first kappa shape index (κ1) is 11.1. The highest BCUT2D eigenvalue weighted by molar-refractivity contribution is 9.10. The van der Waals surface area contributed by atoms with Crippen molar-refractivity contribution in [3.63, 3.8) is 0 Å². The van der Waals surface area contributed by atoms with E-state index in [2.05, 4.69) is 21.2 Å². The van der Waals surface area contributed by atoms with Crippen LogP contribution in [-0.2, 0) is 5.41 Å². The standard InChI is InChI=1S/C11H7BrF3NO/c12-5-1-2-6-7(3-5)10(11(13,14)15)4-8(10)16-9(6)17/h1-3,8H,4H2,(H,16,17)/t8-,10-/m1/s1. The molecule has 2 atom stereocenters. The Bertz CT molecular complexity index is 528. The van der Waals surface area contributed by atoms with Gasteiger partial charge in [0.1, 0.15) is 5.41 Å². The Morgan fingerprint density at radius 3 is 2.76 bits per heavy atom. The number of benzene rings is 1. The van der Waals surface area contributed by atoms with E-state index in [9.17, 15) is 18.0 Å². The molecule has 1 N–H and O–H groups in total. The van der Waals surface area contributed by atoms with Gasteiger partial charge < -0.3 is 5.32 Å². The lowest BCUT2D eigenvalue weighted by atomic mass is 9.87. The van der Waals surface area contributed by atoms with Crippen molar-refractivity contribution in [1.82, 2.24) is 5.32 Å². The largest absolute Gasteiger partial charge is 0.400 e.